The van der Waals surface area contributed by atoms with Gasteiger partial charge in [-0.25, -0.2) is 0 Å². The lowest BCUT2D eigenvalue weighted by Crippen LogP contribution is -2.19. The summed E-state index contributed by atoms with van der Waals surface area (Å²) < 4.78 is 5.35. The van der Waals surface area contributed by atoms with Crippen molar-refractivity contribution in [2.45, 2.75) is 40.2 Å². The maximum absolute atomic E-state index is 5.35. The Hall–Kier alpha value is -0.300. The first kappa shape index (κ1) is 11.7. The predicted molar refractivity (Wildman–Crippen MR) is 54.0 cm³/mol. The van der Waals surface area contributed by atoms with Crippen LogP contribution in [0.2, 0.25) is 0 Å². The molecule has 1 heteroatoms. The molecule has 0 bridgehead atoms. The van der Waals surface area contributed by atoms with Crippen molar-refractivity contribution in [1.82, 2.24) is 0 Å². The zero-order valence-corrected chi connectivity index (χ0v) is 8.92. The third-order valence-corrected chi connectivity index (χ3v) is 2.10. The van der Waals surface area contributed by atoms with E-state index in [1.54, 1.807) is 7.11 Å². The molecule has 0 aliphatic heterocycles. The van der Waals surface area contributed by atoms with Crippen LogP contribution in [0.25, 0.3) is 0 Å². The molecule has 12 heavy (non-hydrogen) atoms. The second-order valence-electron chi connectivity index (χ2n) is 3.52. The maximum Gasteiger partial charge on any atom is 0.0665 e. The van der Waals surface area contributed by atoms with Crippen LogP contribution < -0.4 is 0 Å². The lowest BCUT2D eigenvalue weighted by Gasteiger charge is -2.19. The van der Waals surface area contributed by atoms with Gasteiger partial charge in [-0.3, -0.25) is 0 Å². The average Bonchev–Trinajstić information content (AvgIpc) is 2.04. The van der Waals surface area contributed by atoms with Crippen LogP contribution in [0.3, 0.4) is 0 Å². The van der Waals surface area contributed by atoms with E-state index in [1.807, 2.05) is 0 Å². The van der Waals surface area contributed by atoms with Crippen molar-refractivity contribution in [3.63, 3.8) is 0 Å². The molecule has 0 aromatic rings. The predicted octanol–water partition coefficient (Wildman–Crippen LogP) is 3.22. The molecule has 0 saturated carbocycles. The van der Waals surface area contributed by atoms with E-state index in [-0.39, 0.29) is 6.10 Å². The molecule has 0 amide bonds. The number of rotatable bonds is 5. The van der Waals surface area contributed by atoms with Gasteiger partial charge in [0.25, 0.3) is 0 Å². The van der Waals surface area contributed by atoms with Crippen LogP contribution in [0.5, 0.6) is 0 Å². The molecule has 0 saturated heterocycles. The molecule has 0 aliphatic carbocycles. The number of ether oxygens (including phenoxy) is 1. The van der Waals surface area contributed by atoms with E-state index in [0.29, 0.717) is 5.92 Å². The molecule has 0 spiro atoms. The SMILES string of the molecule is CCC(C)C([CH]C=C(C)C)OC. The van der Waals surface area contributed by atoms with Crippen molar-refractivity contribution in [2.75, 3.05) is 7.11 Å². The van der Waals surface area contributed by atoms with Gasteiger partial charge < -0.3 is 4.74 Å². The second-order valence-corrected chi connectivity index (χ2v) is 3.52. The van der Waals surface area contributed by atoms with Gasteiger partial charge >= 0.3 is 0 Å². The maximum atomic E-state index is 5.35. The quantitative estimate of drug-likeness (QED) is 0.614. The first-order chi connectivity index (χ1) is 5.61. The number of allylic oxidation sites excluding steroid dienone is 1. The Morgan fingerprint density at radius 2 is 2.00 bits per heavy atom. The highest BCUT2D eigenvalue weighted by Crippen LogP contribution is 2.14. The molecule has 1 radical (unpaired) electrons. The Morgan fingerprint density at radius 3 is 2.33 bits per heavy atom. The Balaban J connectivity index is 3.91. The largest absolute Gasteiger partial charge is 0.381 e. The van der Waals surface area contributed by atoms with Gasteiger partial charge in [0, 0.05) is 13.5 Å². The van der Waals surface area contributed by atoms with Gasteiger partial charge in [0.1, 0.15) is 0 Å². The highest BCUT2D eigenvalue weighted by Gasteiger charge is 2.12. The second kappa shape index (κ2) is 6.24. The van der Waals surface area contributed by atoms with Gasteiger partial charge in [0.15, 0.2) is 0 Å². The number of hydrogen-bond acceptors (Lipinski definition) is 1. The van der Waals surface area contributed by atoms with Crippen LogP contribution in [-0.4, -0.2) is 13.2 Å². The Kier molecular flexibility index (Phi) is 6.09. The molecule has 0 aromatic heterocycles. The highest BCUT2D eigenvalue weighted by molar-refractivity contribution is 5.06. The molecule has 71 valence electrons. The molecule has 0 aliphatic rings. The highest BCUT2D eigenvalue weighted by atomic mass is 16.5. The van der Waals surface area contributed by atoms with Crippen molar-refractivity contribution < 1.29 is 4.74 Å². The number of methoxy groups -OCH3 is 1. The molecule has 0 N–H and O–H groups in total. The van der Waals surface area contributed by atoms with Crippen LogP contribution in [0.4, 0.5) is 0 Å². The van der Waals surface area contributed by atoms with E-state index < -0.39 is 0 Å². The summed E-state index contributed by atoms with van der Waals surface area (Å²) >= 11 is 0. The topological polar surface area (TPSA) is 9.23 Å². The van der Waals surface area contributed by atoms with Crippen molar-refractivity contribution in [1.29, 1.82) is 0 Å². The number of hydrogen-bond donors (Lipinski definition) is 0. The third kappa shape index (κ3) is 4.55. The van der Waals surface area contributed by atoms with Gasteiger partial charge in [-0.1, -0.05) is 31.9 Å². The van der Waals surface area contributed by atoms with Crippen LogP contribution >= 0.6 is 0 Å². The van der Waals surface area contributed by atoms with E-state index in [9.17, 15) is 0 Å². The Morgan fingerprint density at radius 1 is 1.42 bits per heavy atom. The summed E-state index contributed by atoms with van der Waals surface area (Å²) in [6.45, 7) is 8.59. The zero-order valence-electron chi connectivity index (χ0n) is 8.92. The normalized spacial score (nSPS) is 15.4. The van der Waals surface area contributed by atoms with Gasteiger partial charge in [-0.15, -0.1) is 0 Å². The van der Waals surface area contributed by atoms with E-state index in [0.717, 1.165) is 6.42 Å². The molecule has 2 atom stereocenters. The fraction of sp³-hybridized carbons (Fsp3) is 0.727. The first-order valence-electron chi connectivity index (χ1n) is 4.63. The third-order valence-electron chi connectivity index (χ3n) is 2.10. The van der Waals surface area contributed by atoms with Crippen LogP contribution in [0, 0.1) is 12.3 Å². The lowest BCUT2D eigenvalue weighted by atomic mass is 9.98. The van der Waals surface area contributed by atoms with Crippen LogP contribution in [-0.2, 0) is 4.74 Å². The van der Waals surface area contributed by atoms with E-state index in [1.165, 1.54) is 5.57 Å². The molecule has 1 nitrogen and oxygen atoms in total. The van der Waals surface area contributed by atoms with Crippen molar-refractivity contribution in [3.8, 4) is 0 Å². The monoisotopic (exact) mass is 169 g/mol. The van der Waals surface area contributed by atoms with Crippen molar-refractivity contribution >= 4 is 0 Å². The molecule has 0 rings (SSSR count). The van der Waals surface area contributed by atoms with Gasteiger partial charge in [0.2, 0.25) is 0 Å². The Bertz CT molecular complexity index is 134. The smallest absolute Gasteiger partial charge is 0.0665 e. The average molecular weight is 169 g/mol. The van der Waals surface area contributed by atoms with E-state index >= 15 is 0 Å². The lowest BCUT2D eigenvalue weighted by molar-refractivity contribution is 0.0855. The summed E-state index contributed by atoms with van der Waals surface area (Å²) in [5, 5.41) is 0. The minimum absolute atomic E-state index is 0.268. The first-order valence-corrected chi connectivity index (χ1v) is 4.63. The summed E-state index contributed by atoms with van der Waals surface area (Å²) in [5.41, 5.74) is 1.32. The summed E-state index contributed by atoms with van der Waals surface area (Å²) in [7, 11) is 1.77. The Labute approximate surface area is 76.8 Å². The minimum atomic E-state index is 0.268. The zero-order chi connectivity index (χ0) is 9.56. The fourth-order valence-electron chi connectivity index (χ4n) is 1.02. The molecule has 2 unspecified atom stereocenters. The van der Waals surface area contributed by atoms with Crippen LogP contribution in [0.15, 0.2) is 11.6 Å². The fourth-order valence-corrected chi connectivity index (χ4v) is 1.02. The van der Waals surface area contributed by atoms with Crippen molar-refractivity contribution in [3.05, 3.63) is 18.1 Å². The molecular formula is C11H21O. The van der Waals surface area contributed by atoms with Crippen molar-refractivity contribution in [2.24, 2.45) is 5.92 Å². The molecule has 0 aromatic carbocycles. The standard InChI is InChI=1S/C11H21O/c1-6-10(4)11(12-5)8-7-9(2)3/h7-8,10-11H,6H2,1-5H3. The molecular weight excluding hydrogens is 148 g/mol. The molecule has 0 heterocycles. The summed E-state index contributed by atoms with van der Waals surface area (Å²) in [6.07, 6.45) is 5.69. The van der Waals surface area contributed by atoms with Gasteiger partial charge in [-0.05, 0) is 19.8 Å². The van der Waals surface area contributed by atoms with E-state index in [4.69, 9.17) is 4.74 Å². The summed E-state index contributed by atoms with van der Waals surface area (Å²) in [5.74, 6) is 0.602. The molecule has 0 fully saturated rings. The summed E-state index contributed by atoms with van der Waals surface area (Å²) in [4.78, 5) is 0. The summed E-state index contributed by atoms with van der Waals surface area (Å²) in [6, 6.07) is 0. The van der Waals surface area contributed by atoms with Gasteiger partial charge in [0.05, 0.1) is 6.10 Å². The minimum Gasteiger partial charge on any atom is -0.381 e. The van der Waals surface area contributed by atoms with Crippen LogP contribution in [0.1, 0.15) is 34.1 Å². The van der Waals surface area contributed by atoms with E-state index in [2.05, 4.69) is 40.2 Å². The van der Waals surface area contributed by atoms with Gasteiger partial charge in [-0.2, -0.15) is 0 Å².